The Labute approximate surface area is 169 Å². The Bertz CT molecular complexity index is 866. The van der Waals surface area contributed by atoms with Gasteiger partial charge in [-0.15, -0.1) is 0 Å². The fourth-order valence-electron chi connectivity index (χ4n) is 2.17. The van der Waals surface area contributed by atoms with Crippen molar-refractivity contribution in [3.8, 4) is 22.5 Å². The highest BCUT2D eigenvalue weighted by Crippen LogP contribution is 2.37. The van der Waals surface area contributed by atoms with Crippen LogP contribution in [0.3, 0.4) is 0 Å². The smallest absolute Gasteiger partial charge is 0.0725 e. The summed E-state index contributed by atoms with van der Waals surface area (Å²) < 4.78 is 0. The summed E-state index contributed by atoms with van der Waals surface area (Å²) in [6, 6.07) is 12.0. The van der Waals surface area contributed by atoms with Crippen molar-refractivity contribution in [2.24, 2.45) is 0 Å². The summed E-state index contributed by atoms with van der Waals surface area (Å²) in [5.74, 6) is 0. The molecule has 0 saturated carbocycles. The Morgan fingerprint density at radius 2 is 0.875 bits per heavy atom. The van der Waals surface area contributed by atoms with Gasteiger partial charge in [0.15, 0.2) is 0 Å². The van der Waals surface area contributed by atoms with Gasteiger partial charge in [-0.2, -0.15) is 0 Å². The molecule has 1 heterocycles. The van der Waals surface area contributed by atoms with Crippen LogP contribution in [0.25, 0.3) is 22.5 Å². The van der Waals surface area contributed by atoms with Crippen LogP contribution in [0.15, 0.2) is 42.5 Å². The molecule has 0 aliphatic rings. The molecule has 122 valence electrons. The van der Waals surface area contributed by atoms with Gasteiger partial charge < -0.3 is 0 Å². The molecule has 0 saturated heterocycles. The van der Waals surface area contributed by atoms with Crippen molar-refractivity contribution in [3.63, 3.8) is 0 Å². The van der Waals surface area contributed by atoms with Crippen LogP contribution in [-0.4, -0.2) is 4.98 Å². The SMILES string of the molecule is Clc1cc(Cl)c(-c2cccc(-c3cc(Cl)c(Cl)cc3Cl)n2)cc1Cl. The number of pyridine rings is 1. The van der Waals surface area contributed by atoms with Crippen molar-refractivity contribution >= 4 is 69.6 Å². The second-order valence-corrected chi connectivity index (χ2v) is 7.34. The Hall–Kier alpha value is -0.670. The summed E-state index contributed by atoms with van der Waals surface area (Å²) in [7, 11) is 0. The number of hydrogen-bond acceptors (Lipinski definition) is 1. The maximum Gasteiger partial charge on any atom is 0.0725 e. The number of halogens is 6. The van der Waals surface area contributed by atoms with Crippen LogP contribution in [0.5, 0.6) is 0 Å². The van der Waals surface area contributed by atoms with Crippen LogP contribution in [0.2, 0.25) is 30.1 Å². The largest absolute Gasteiger partial charge is 0.248 e. The molecule has 0 N–H and O–H groups in total. The van der Waals surface area contributed by atoms with Crippen molar-refractivity contribution in [1.29, 1.82) is 0 Å². The third-order valence-corrected chi connectivity index (χ3v) is 5.39. The van der Waals surface area contributed by atoms with E-state index in [2.05, 4.69) is 4.98 Å². The molecule has 1 aromatic heterocycles. The normalized spacial score (nSPS) is 10.9. The quantitative estimate of drug-likeness (QED) is 0.367. The average molecular weight is 438 g/mol. The number of nitrogens with zero attached hydrogens (tertiary/aromatic N) is 1. The van der Waals surface area contributed by atoms with Crippen LogP contribution in [0, 0.1) is 0 Å². The van der Waals surface area contributed by atoms with Gasteiger partial charge in [-0.1, -0.05) is 75.7 Å². The zero-order valence-corrected chi connectivity index (χ0v) is 16.3. The highest BCUT2D eigenvalue weighted by atomic mass is 35.5. The van der Waals surface area contributed by atoms with Gasteiger partial charge in [0.1, 0.15) is 0 Å². The van der Waals surface area contributed by atoms with Gasteiger partial charge >= 0.3 is 0 Å². The summed E-state index contributed by atoms with van der Waals surface area (Å²) in [6.45, 7) is 0. The fraction of sp³-hybridized carbons (Fsp3) is 0. The second-order valence-electron chi connectivity index (χ2n) is 4.90. The molecule has 0 spiro atoms. The minimum absolute atomic E-state index is 0.383. The number of aromatic nitrogens is 1. The van der Waals surface area contributed by atoms with E-state index < -0.39 is 0 Å². The third-order valence-electron chi connectivity index (χ3n) is 3.32. The van der Waals surface area contributed by atoms with Crippen molar-refractivity contribution in [2.75, 3.05) is 0 Å². The molecule has 0 bridgehead atoms. The molecule has 1 nitrogen and oxygen atoms in total. The first-order valence-electron chi connectivity index (χ1n) is 6.63. The maximum absolute atomic E-state index is 6.26. The molecule has 3 rings (SSSR count). The van der Waals surface area contributed by atoms with E-state index in [1.165, 1.54) is 0 Å². The van der Waals surface area contributed by atoms with Gasteiger partial charge in [-0.3, -0.25) is 0 Å². The van der Waals surface area contributed by atoms with Gasteiger partial charge in [0.2, 0.25) is 0 Å². The summed E-state index contributed by atoms with van der Waals surface area (Å²) >= 11 is 36.6. The van der Waals surface area contributed by atoms with E-state index in [4.69, 9.17) is 69.6 Å². The lowest BCUT2D eigenvalue weighted by molar-refractivity contribution is 1.32. The van der Waals surface area contributed by atoms with Crippen LogP contribution >= 0.6 is 69.6 Å². The standard InChI is InChI=1S/C17H7Cl6N/c18-10-6-14(22)12(20)4-8(10)16-2-1-3-17(24-16)9-5-13(21)15(23)7-11(9)19/h1-7H. The molecular formula is C17H7Cl6N. The van der Waals surface area contributed by atoms with E-state index >= 15 is 0 Å². The molecule has 0 aliphatic carbocycles. The summed E-state index contributed by atoms with van der Waals surface area (Å²) in [4.78, 5) is 4.60. The molecule has 0 aliphatic heterocycles. The van der Waals surface area contributed by atoms with Gasteiger partial charge in [-0.25, -0.2) is 4.98 Å². The lowest BCUT2D eigenvalue weighted by Gasteiger charge is -2.10. The molecule has 3 aromatic rings. The van der Waals surface area contributed by atoms with Crippen LogP contribution in [-0.2, 0) is 0 Å². The Morgan fingerprint density at radius 3 is 1.29 bits per heavy atom. The maximum atomic E-state index is 6.26. The Balaban J connectivity index is 2.14. The van der Waals surface area contributed by atoms with E-state index in [0.717, 1.165) is 0 Å². The predicted molar refractivity (Wildman–Crippen MR) is 105 cm³/mol. The molecule has 24 heavy (non-hydrogen) atoms. The Morgan fingerprint density at radius 1 is 0.500 bits per heavy atom. The lowest BCUT2D eigenvalue weighted by atomic mass is 10.1. The van der Waals surface area contributed by atoms with Crippen molar-refractivity contribution in [3.05, 3.63) is 72.6 Å². The second kappa shape index (κ2) is 7.29. The summed E-state index contributed by atoms with van der Waals surface area (Å²) in [6.07, 6.45) is 0. The first-order chi connectivity index (χ1) is 11.4. The van der Waals surface area contributed by atoms with Crippen LogP contribution < -0.4 is 0 Å². The summed E-state index contributed by atoms with van der Waals surface area (Å²) in [5.41, 5.74) is 2.62. The zero-order valence-electron chi connectivity index (χ0n) is 11.8. The number of rotatable bonds is 2. The molecule has 2 aromatic carbocycles. The highest BCUT2D eigenvalue weighted by Gasteiger charge is 2.13. The first kappa shape index (κ1) is 18.1. The Kier molecular flexibility index (Phi) is 5.51. The molecule has 0 amide bonds. The average Bonchev–Trinajstić information content (AvgIpc) is 2.54. The van der Waals surface area contributed by atoms with Gasteiger partial charge in [0, 0.05) is 11.1 Å². The van der Waals surface area contributed by atoms with Crippen molar-refractivity contribution in [2.45, 2.75) is 0 Å². The molecule has 0 atom stereocenters. The number of hydrogen-bond donors (Lipinski definition) is 0. The predicted octanol–water partition coefficient (Wildman–Crippen LogP) is 8.34. The van der Waals surface area contributed by atoms with E-state index in [9.17, 15) is 0 Å². The van der Waals surface area contributed by atoms with E-state index in [1.54, 1.807) is 24.3 Å². The number of benzene rings is 2. The van der Waals surface area contributed by atoms with E-state index in [0.29, 0.717) is 52.7 Å². The van der Waals surface area contributed by atoms with Crippen LogP contribution in [0.4, 0.5) is 0 Å². The summed E-state index contributed by atoms with van der Waals surface area (Å²) in [5, 5.41) is 2.47. The van der Waals surface area contributed by atoms with E-state index in [-0.39, 0.29) is 0 Å². The molecular weight excluding hydrogens is 431 g/mol. The topological polar surface area (TPSA) is 12.9 Å². The van der Waals surface area contributed by atoms with Gasteiger partial charge in [0.25, 0.3) is 0 Å². The minimum Gasteiger partial charge on any atom is -0.248 e. The van der Waals surface area contributed by atoms with Crippen molar-refractivity contribution < 1.29 is 0 Å². The van der Waals surface area contributed by atoms with Crippen LogP contribution in [0.1, 0.15) is 0 Å². The zero-order chi connectivity index (χ0) is 17.4. The highest BCUT2D eigenvalue weighted by molar-refractivity contribution is 6.44. The first-order valence-corrected chi connectivity index (χ1v) is 8.90. The lowest BCUT2D eigenvalue weighted by Crippen LogP contribution is -1.90. The van der Waals surface area contributed by atoms with E-state index in [1.807, 2.05) is 18.2 Å². The minimum atomic E-state index is 0.383. The van der Waals surface area contributed by atoms with Crippen molar-refractivity contribution in [1.82, 2.24) is 4.98 Å². The molecule has 0 radical (unpaired) electrons. The molecule has 0 unspecified atom stereocenters. The molecule has 7 heteroatoms. The fourth-order valence-corrected chi connectivity index (χ4v) is 3.46. The molecule has 0 fully saturated rings. The van der Waals surface area contributed by atoms with Gasteiger partial charge in [-0.05, 0) is 36.4 Å². The van der Waals surface area contributed by atoms with Gasteiger partial charge in [0.05, 0.1) is 41.5 Å². The monoisotopic (exact) mass is 435 g/mol. The third kappa shape index (κ3) is 3.62.